The molecule has 1 saturated heterocycles. The second-order valence-corrected chi connectivity index (χ2v) is 3.04. The van der Waals surface area contributed by atoms with Crippen molar-refractivity contribution in [3.63, 3.8) is 0 Å². The normalized spacial score (nSPS) is 36.3. The SMILES string of the molecule is NCC1OCCCC1(N)C(=O)O. The van der Waals surface area contributed by atoms with Gasteiger partial charge in [-0.25, -0.2) is 0 Å². The molecule has 0 aromatic heterocycles. The molecule has 0 aromatic carbocycles. The Morgan fingerprint density at radius 1 is 1.75 bits per heavy atom. The Balaban J connectivity index is 2.75. The molecule has 0 aliphatic carbocycles. The van der Waals surface area contributed by atoms with Gasteiger partial charge in [0.1, 0.15) is 5.54 Å². The van der Waals surface area contributed by atoms with Crippen LogP contribution < -0.4 is 11.5 Å². The predicted molar refractivity (Wildman–Crippen MR) is 42.6 cm³/mol. The lowest BCUT2D eigenvalue weighted by Gasteiger charge is -2.36. The zero-order valence-electron chi connectivity index (χ0n) is 6.82. The Hall–Kier alpha value is -0.650. The van der Waals surface area contributed by atoms with E-state index in [0.29, 0.717) is 19.4 Å². The Bertz CT molecular complexity index is 185. The molecule has 5 heteroatoms. The average molecular weight is 174 g/mol. The summed E-state index contributed by atoms with van der Waals surface area (Å²) >= 11 is 0. The summed E-state index contributed by atoms with van der Waals surface area (Å²) in [6.45, 7) is 0.705. The molecular weight excluding hydrogens is 160 g/mol. The van der Waals surface area contributed by atoms with Crippen molar-refractivity contribution in [3.8, 4) is 0 Å². The van der Waals surface area contributed by atoms with Crippen LogP contribution in [0.1, 0.15) is 12.8 Å². The predicted octanol–water partition coefficient (Wildman–Crippen LogP) is -1.09. The van der Waals surface area contributed by atoms with Crippen molar-refractivity contribution in [1.29, 1.82) is 0 Å². The molecule has 1 fully saturated rings. The van der Waals surface area contributed by atoms with Gasteiger partial charge >= 0.3 is 5.97 Å². The topological polar surface area (TPSA) is 98.6 Å². The Morgan fingerprint density at radius 3 is 2.83 bits per heavy atom. The monoisotopic (exact) mass is 174 g/mol. The van der Waals surface area contributed by atoms with Crippen molar-refractivity contribution >= 4 is 5.97 Å². The first-order valence-electron chi connectivity index (χ1n) is 3.95. The molecule has 1 heterocycles. The van der Waals surface area contributed by atoms with Crippen LogP contribution in [0.3, 0.4) is 0 Å². The number of ether oxygens (including phenoxy) is 1. The quantitative estimate of drug-likeness (QED) is 0.494. The lowest BCUT2D eigenvalue weighted by molar-refractivity contribution is -0.154. The van der Waals surface area contributed by atoms with Crippen molar-refractivity contribution in [2.24, 2.45) is 11.5 Å². The van der Waals surface area contributed by atoms with Crippen LogP contribution >= 0.6 is 0 Å². The van der Waals surface area contributed by atoms with E-state index in [0.717, 1.165) is 0 Å². The van der Waals surface area contributed by atoms with Crippen molar-refractivity contribution in [1.82, 2.24) is 0 Å². The lowest BCUT2D eigenvalue weighted by atomic mass is 9.86. The van der Waals surface area contributed by atoms with Gasteiger partial charge < -0.3 is 21.3 Å². The zero-order chi connectivity index (χ0) is 9.19. The Morgan fingerprint density at radius 2 is 2.42 bits per heavy atom. The number of carbonyl (C=O) groups is 1. The van der Waals surface area contributed by atoms with E-state index in [2.05, 4.69) is 0 Å². The summed E-state index contributed by atoms with van der Waals surface area (Å²) < 4.78 is 5.17. The number of aliphatic carboxylic acids is 1. The molecule has 1 rings (SSSR count). The Kier molecular flexibility index (Phi) is 2.66. The lowest BCUT2D eigenvalue weighted by Crippen LogP contribution is -2.62. The summed E-state index contributed by atoms with van der Waals surface area (Å²) in [5, 5.41) is 8.84. The van der Waals surface area contributed by atoms with Crippen LogP contribution in [0.5, 0.6) is 0 Å². The van der Waals surface area contributed by atoms with E-state index in [-0.39, 0.29) is 6.54 Å². The third-order valence-corrected chi connectivity index (χ3v) is 2.24. The minimum Gasteiger partial charge on any atom is -0.480 e. The standard InChI is InChI=1S/C7H14N2O3/c8-4-5-7(9,6(10)11)2-1-3-12-5/h5H,1-4,8-9H2,(H,10,11). The molecule has 0 bridgehead atoms. The third-order valence-electron chi connectivity index (χ3n) is 2.24. The smallest absolute Gasteiger partial charge is 0.326 e. The fourth-order valence-corrected chi connectivity index (χ4v) is 1.42. The molecule has 5 nitrogen and oxygen atoms in total. The van der Waals surface area contributed by atoms with Gasteiger partial charge in [-0.05, 0) is 12.8 Å². The molecule has 70 valence electrons. The molecule has 5 N–H and O–H groups in total. The van der Waals surface area contributed by atoms with Gasteiger partial charge in [-0.2, -0.15) is 0 Å². The summed E-state index contributed by atoms with van der Waals surface area (Å²) in [6, 6.07) is 0. The number of hydrogen-bond donors (Lipinski definition) is 3. The zero-order valence-corrected chi connectivity index (χ0v) is 6.82. The maximum atomic E-state index is 10.8. The first kappa shape index (κ1) is 9.44. The molecule has 0 aromatic rings. The maximum absolute atomic E-state index is 10.8. The van der Waals surface area contributed by atoms with Gasteiger partial charge in [0.25, 0.3) is 0 Å². The first-order chi connectivity index (χ1) is 5.61. The molecule has 12 heavy (non-hydrogen) atoms. The van der Waals surface area contributed by atoms with E-state index in [1.165, 1.54) is 0 Å². The molecule has 2 atom stereocenters. The van der Waals surface area contributed by atoms with Crippen LogP contribution in [-0.2, 0) is 9.53 Å². The highest BCUT2D eigenvalue weighted by molar-refractivity contribution is 5.79. The van der Waals surface area contributed by atoms with Crippen LogP contribution in [0.4, 0.5) is 0 Å². The minimum atomic E-state index is -1.28. The number of nitrogens with two attached hydrogens (primary N) is 2. The van der Waals surface area contributed by atoms with Crippen molar-refractivity contribution in [2.45, 2.75) is 24.5 Å². The molecule has 0 spiro atoms. The molecule has 1 aliphatic rings. The number of rotatable bonds is 2. The van der Waals surface area contributed by atoms with Crippen LogP contribution in [0.15, 0.2) is 0 Å². The van der Waals surface area contributed by atoms with Gasteiger partial charge in [0.15, 0.2) is 0 Å². The molecular formula is C7H14N2O3. The molecule has 1 aliphatic heterocycles. The first-order valence-corrected chi connectivity index (χ1v) is 3.95. The van der Waals surface area contributed by atoms with Crippen LogP contribution in [0.25, 0.3) is 0 Å². The number of hydrogen-bond acceptors (Lipinski definition) is 4. The van der Waals surface area contributed by atoms with Gasteiger partial charge in [0.2, 0.25) is 0 Å². The average Bonchev–Trinajstić information content (AvgIpc) is 2.05. The van der Waals surface area contributed by atoms with Gasteiger partial charge in [-0.15, -0.1) is 0 Å². The number of carboxylic acid groups (broad SMARTS) is 1. The van der Waals surface area contributed by atoms with Gasteiger partial charge in [0.05, 0.1) is 6.10 Å². The summed E-state index contributed by atoms with van der Waals surface area (Å²) in [5.41, 5.74) is 9.72. The van der Waals surface area contributed by atoms with E-state index in [1.54, 1.807) is 0 Å². The van der Waals surface area contributed by atoms with Crippen LogP contribution in [0.2, 0.25) is 0 Å². The molecule has 2 unspecified atom stereocenters. The third kappa shape index (κ3) is 1.43. The van der Waals surface area contributed by atoms with Gasteiger partial charge in [0, 0.05) is 13.2 Å². The van der Waals surface area contributed by atoms with Crippen molar-refractivity contribution < 1.29 is 14.6 Å². The highest BCUT2D eigenvalue weighted by Crippen LogP contribution is 2.22. The van der Waals surface area contributed by atoms with Crippen LogP contribution in [0, 0.1) is 0 Å². The van der Waals surface area contributed by atoms with E-state index < -0.39 is 17.6 Å². The summed E-state index contributed by atoms with van der Waals surface area (Å²) in [4.78, 5) is 10.8. The highest BCUT2D eigenvalue weighted by Gasteiger charge is 2.44. The van der Waals surface area contributed by atoms with Gasteiger partial charge in [-0.3, -0.25) is 4.79 Å². The molecule has 0 amide bonds. The maximum Gasteiger partial charge on any atom is 0.326 e. The molecule has 0 radical (unpaired) electrons. The van der Waals surface area contributed by atoms with E-state index >= 15 is 0 Å². The second kappa shape index (κ2) is 3.38. The largest absolute Gasteiger partial charge is 0.480 e. The van der Waals surface area contributed by atoms with Crippen molar-refractivity contribution in [2.75, 3.05) is 13.2 Å². The van der Waals surface area contributed by atoms with Gasteiger partial charge in [-0.1, -0.05) is 0 Å². The van der Waals surface area contributed by atoms with E-state index in [9.17, 15) is 4.79 Å². The van der Waals surface area contributed by atoms with Crippen molar-refractivity contribution in [3.05, 3.63) is 0 Å². The molecule has 0 saturated carbocycles. The summed E-state index contributed by atoms with van der Waals surface area (Å²) in [7, 11) is 0. The Labute approximate surface area is 70.7 Å². The van der Waals surface area contributed by atoms with E-state index in [4.69, 9.17) is 21.3 Å². The highest BCUT2D eigenvalue weighted by atomic mass is 16.5. The summed E-state index contributed by atoms with van der Waals surface area (Å²) in [6.07, 6.45) is 0.562. The second-order valence-electron chi connectivity index (χ2n) is 3.04. The van der Waals surface area contributed by atoms with Crippen LogP contribution in [-0.4, -0.2) is 35.9 Å². The fraction of sp³-hybridized carbons (Fsp3) is 0.857. The summed E-state index contributed by atoms with van der Waals surface area (Å²) in [5.74, 6) is -1.03. The number of carboxylic acids is 1. The fourth-order valence-electron chi connectivity index (χ4n) is 1.42. The van der Waals surface area contributed by atoms with E-state index in [1.807, 2.05) is 0 Å². The minimum absolute atomic E-state index is 0.156.